The van der Waals surface area contributed by atoms with E-state index in [1.165, 1.54) is 0 Å². The van der Waals surface area contributed by atoms with Crippen LogP contribution in [0.5, 0.6) is 0 Å². The van der Waals surface area contributed by atoms with E-state index in [2.05, 4.69) is 11.8 Å². The molecule has 1 aliphatic rings. The highest BCUT2D eigenvalue weighted by molar-refractivity contribution is 4.98. The van der Waals surface area contributed by atoms with Gasteiger partial charge in [0.2, 0.25) is 0 Å². The summed E-state index contributed by atoms with van der Waals surface area (Å²) in [5.74, 6) is 0. The molecule has 1 fully saturated rings. The maximum absolute atomic E-state index is 10.6. The second kappa shape index (κ2) is 4.81. The number of likely N-dealkylation sites (tertiary alicyclic amines) is 1. The van der Waals surface area contributed by atoms with E-state index < -0.39 is 5.60 Å². The molecule has 2 N–H and O–H groups in total. The van der Waals surface area contributed by atoms with E-state index in [0.717, 1.165) is 38.9 Å². The lowest BCUT2D eigenvalue weighted by molar-refractivity contribution is -0.133. The molecular weight excluding hydrogens is 190 g/mol. The van der Waals surface area contributed by atoms with E-state index in [1.807, 2.05) is 13.8 Å². The summed E-state index contributed by atoms with van der Waals surface area (Å²) >= 11 is 0. The molecule has 0 spiro atoms. The third kappa shape index (κ3) is 2.35. The molecule has 0 saturated carbocycles. The van der Waals surface area contributed by atoms with Crippen LogP contribution >= 0.6 is 0 Å². The number of aliphatic hydroxyl groups excluding tert-OH is 1. The molecule has 1 aliphatic heterocycles. The lowest BCUT2D eigenvalue weighted by atomic mass is 9.67. The van der Waals surface area contributed by atoms with Crippen molar-refractivity contribution in [3.05, 3.63) is 0 Å². The number of hydrogen-bond donors (Lipinski definition) is 2. The van der Waals surface area contributed by atoms with Gasteiger partial charge in [0.15, 0.2) is 0 Å². The smallest absolute Gasteiger partial charge is 0.0747 e. The minimum Gasteiger partial charge on any atom is -0.396 e. The highest BCUT2D eigenvalue weighted by Gasteiger charge is 2.46. The van der Waals surface area contributed by atoms with Crippen molar-refractivity contribution in [2.24, 2.45) is 5.41 Å². The number of rotatable bonds is 4. The fraction of sp³-hybridized carbons (Fsp3) is 1.00. The largest absolute Gasteiger partial charge is 0.396 e. The molecule has 1 rings (SSSR count). The van der Waals surface area contributed by atoms with Crippen LogP contribution in [0, 0.1) is 5.41 Å². The third-order valence-corrected chi connectivity index (χ3v) is 4.38. The van der Waals surface area contributed by atoms with Crippen molar-refractivity contribution in [3.8, 4) is 0 Å². The summed E-state index contributed by atoms with van der Waals surface area (Å²) in [5, 5.41) is 20.1. The van der Waals surface area contributed by atoms with Crippen molar-refractivity contribution in [1.82, 2.24) is 4.90 Å². The van der Waals surface area contributed by atoms with Gasteiger partial charge in [-0.1, -0.05) is 20.8 Å². The van der Waals surface area contributed by atoms with Gasteiger partial charge >= 0.3 is 0 Å². The third-order valence-electron chi connectivity index (χ3n) is 4.38. The lowest BCUT2D eigenvalue weighted by Gasteiger charge is -2.48. The molecule has 90 valence electrons. The molecule has 0 aromatic carbocycles. The highest BCUT2D eigenvalue weighted by Crippen LogP contribution is 2.41. The van der Waals surface area contributed by atoms with Gasteiger partial charge in [0.25, 0.3) is 0 Å². The predicted octanol–water partition coefficient (Wildman–Crippen LogP) is 1.24. The Kier molecular flexibility index (Phi) is 4.15. The van der Waals surface area contributed by atoms with Crippen LogP contribution in [0.2, 0.25) is 0 Å². The van der Waals surface area contributed by atoms with Gasteiger partial charge < -0.3 is 15.1 Å². The van der Waals surface area contributed by atoms with Gasteiger partial charge in [0, 0.05) is 18.5 Å². The summed E-state index contributed by atoms with van der Waals surface area (Å²) in [6.07, 6.45) is 2.39. The first-order chi connectivity index (χ1) is 7.01. The van der Waals surface area contributed by atoms with Crippen LogP contribution in [0.4, 0.5) is 0 Å². The standard InChI is InChI=1S/C12H25NO2/c1-4-11(3,10-14)12(15)6-8-13(5-2)9-7-12/h14-15H,4-10H2,1-3H3. The van der Waals surface area contributed by atoms with Crippen LogP contribution in [0.15, 0.2) is 0 Å². The summed E-state index contributed by atoms with van der Waals surface area (Å²) in [7, 11) is 0. The molecular formula is C12H25NO2. The summed E-state index contributed by atoms with van der Waals surface area (Å²) in [6, 6.07) is 0. The van der Waals surface area contributed by atoms with Gasteiger partial charge in [-0.05, 0) is 25.8 Å². The summed E-state index contributed by atoms with van der Waals surface area (Å²) < 4.78 is 0. The molecule has 1 unspecified atom stereocenters. The van der Waals surface area contributed by atoms with Crippen LogP contribution in [-0.2, 0) is 0 Å². The molecule has 0 aromatic heterocycles. The molecule has 3 heteroatoms. The van der Waals surface area contributed by atoms with Gasteiger partial charge in [-0.3, -0.25) is 0 Å². The molecule has 15 heavy (non-hydrogen) atoms. The van der Waals surface area contributed by atoms with Crippen molar-refractivity contribution in [1.29, 1.82) is 0 Å². The Morgan fingerprint density at radius 1 is 1.27 bits per heavy atom. The van der Waals surface area contributed by atoms with E-state index in [1.54, 1.807) is 0 Å². The first-order valence-corrected chi connectivity index (χ1v) is 6.07. The lowest BCUT2D eigenvalue weighted by Crippen LogP contribution is -2.55. The van der Waals surface area contributed by atoms with Crippen molar-refractivity contribution in [2.45, 2.75) is 45.6 Å². The van der Waals surface area contributed by atoms with Crippen LogP contribution in [-0.4, -0.2) is 47.0 Å². The van der Waals surface area contributed by atoms with Gasteiger partial charge in [-0.2, -0.15) is 0 Å². The van der Waals surface area contributed by atoms with Gasteiger partial charge in [-0.15, -0.1) is 0 Å². The maximum atomic E-state index is 10.6. The van der Waals surface area contributed by atoms with Crippen LogP contribution in [0.3, 0.4) is 0 Å². The van der Waals surface area contributed by atoms with Crippen molar-refractivity contribution in [2.75, 3.05) is 26.2 Å². The summed E-state index contributed by atoms with van der Waals surface area (Å²) in [5.41, 5.74) is -1.02. The van der Waals surface area contributed by atoms with Crippen LogP contribution in [0.1, 0.15) is 40.0 Å². The second-order valence-corrected chi connectivity index (χ2v) is 5.04. The van der Waals surface area contributed by atoms with Crippen LogP contribution in [0.25, 0.3) is 0 Å². The quantitative estimate of drug-likeness (QED) is 0.741. The van der Waals surface area contributed by atoms with Gasteiger partial charge in [0.05, 0.1) is 12.2 Å². The Morgan fingerprint density at radius 3 is 2.13 bits per heavy atom. The Labute approximate surface area is 93.1 Å². The first kappa shape index (κ1) is 12.9. The minimum absolute atomic E-state index is 0.0755. The fourth-order valence-corrected chi connectivity index (χ4v) is 2.43. The van der Waals surface area contributed by atoms with E-state index in [4.69, 9.17) is 0 Å². The Hall–Kier alpha value is -0.120. The second-order valence-electron chi connectivity index (χ2n) is 5.04. The Morgan fingerprint density at radius 2 is 1.80 bits per heavy atom. The van der Waals surface area contributed by atoms with Crippen molar-refractivity contribution >= 4 is 0 Å². The Bertz CT molecular complexity index is 194. The summed E-state index contributed by atoms with van der Waals surface area (Å²) in [4.78, 5) is 2.35. The normalized spacial score (nSPS) is 26.2. The monoisotopic (exact) mass is 215 g/mol. The molecule has 3 nitrogen and oxygen atoms in total. The Balaban J connectivity index is 2.68. The van der Waals surface area contributed by atoms with Crippen molar-refractivity contribution < 1.29 is 10.2 Å². The van der Waals surface area contributed by atoms with E-state index in [0.29, 0.717) is 0 Å². The molecule has 1 saturated heterocycles. The van der Waals surface area contributed by atoms with Crippen molar-refractivity contribution in [3.63, 3.8) is 0 Å². The highest BCUT2D eigenvalue weighted by atomic mass is 16.3. The molecule has 0 aromatic rings. The maximum Gasteiger partial charge on any atom is 0.0747 e. The molecule has 0 bridgehead atoms. The summed E-state index contributed by atoms with van der Waals surface area (Å²) in [6.45, 7) is 9.21. The SMILES string of the molecule is CCN1CCC(O)(C(C)(CC)CO)CC1. The molecule has 0 aliphatic carbocycles. The predicted molar refractivity (Wildman–Crippen MR) is 61.8 cm³/mol. The molecule has 0 radical (unpaired) electrons. The minimum atomic E-state index is -0.678. The van der Waals surface area contributed by atoms with Crippen LogP contribution < -0.4 is 0 Å². The zero-order valence-corrected chi connectivity index (χ0v) is 10.3. The average Bonchev–Trinajstić information content (AvgIpc) is 2.29. The van der Waals surface area contributed by atoms with Gasteiger partial charge in [-0.25, -0.2) is 0 Å². The first-order valence-electron chi connectivity index (χ1n) is 6.07. The number of aliphatic hydroxyl groups is 2. The topological polar surface area (TPSA) is 43.7 Å². The molecule has 1 atom stereocenters. The van der Waals surface area contributed by atoms with E-state index in [-0.39, 0.29) is 12.0 Å². The average molecular weight is 215 g/mol. The fourth-order valence-electron chi connectivity index (χ4n) is 2.43. The molecule has 0 amide bonds. The zero-order chi connectivity index (χ0) is 11.5. The zero-order valence-electron chi connectivity index (χ0n) is 10.3. The van der Waals surface area contributed by atoms with E-state index in [9.17, 15) is 10.2 Å². The number of nitrogens with zero attached hydrogens (tertiary/aromatic N) is 1. The number of hydrogen-bond acceptors (Lipinski definition) is 3. The molecule has 1 heterocycles. The number of piperidine rings is 1. The van der Waals surface area contributed by atoms with Gasteiger partial charge in [0.1, 0.15) is 0 Å². The van der Waals surface area contributed by atoms with E-state index >= 15 is 0 Å².